The van der Waals surface area contributed by atoms with Crippen molar-refractivity contribution in [2.24, 2.45) is 0 Å². The van der Waals surface area contributed by atoms with Gasteiger partial charge >= 0.3 is 0 Å². The van der Waals surface area contributed by atoms with Gasteiger partial charge in [0.05, 0.1) is 5.69 Å². The fourth-order valence-electron chi connectivity index (χ4n) is 2.63. The number of anilines is 1. The Hall–Kier alpha value is -2.53. The molecule has 25 heavy (non-hydrogen) atoms. The van der Waals surface area contributed by atoms with Gasteiger partial charge in [-0.05, 0) is 48.2 Å². The van der Waals surface area contributed by atoms with E-state index in [1.54, 1.807) is 0 Å². The van der Waals surface area contributed by atoms with Gasteiger partial charge in [0.15, 0.2) is 6.61 Å². The Balaban J connectivity index is 1.43. The minimum absolute atomic E-state index is 0.00645. The summed E-state index contributed by atoms with van der Waals surface area (Å²) in [5.74, 6) is 0.507. The number of carbonyl (C=O) groups is 2. The van der Waals surface area contributed by atoms with Crippen LogP contribution in [-0.4, -0.2) is 25.0 Å². The van der Waals surface area contributed by atoms with Crippen LogP contribution in [0, 0.1) is 0 Å². The molecule has 0 unspecified atom stereocenters. The van der Waals surface area contributed by atoms with Crippen LogP contribution in [0.2, 0.25) is 5.02 Å². The smallest absolute Gasteiger partial charge is 0.262 e. The summed E-state index contributed by atoms with van der Waals surface area (Å²) in [6.07, 6.45) is 1.77. The molecule has 0 saturated carbocycles. The lowest BCUT2D eigenvalue weighted by Gasteiger charge is -2.18. The second-order valence-electron chi connectivity index (χ2n) is 5.89. The van der Waals surface area contributed by atoms with Crippen LogP contribution in [0.15, 0.2) is 42.5 Å². The Bertz CT molecular complexity index is 775. The van der Waals surface area contributed by atoms with Crippen LogP contribution in [0.1, 0.15) is 17.5 Å². The number of ether oxygens (including phenoxy) is 1. The van der Waals surface area contributed by atoms with Gasteiger partial charge in [0.25, 0.3) is 5.91 Å². The fourth-order valence-corrected chi connectivity index (χ4v) is 2.76. The SMILES string of the molecule is O=C(CCc1ccc2c(c1)NC(=O)CO2)NCCc1ccc(Cl)cc1. The summed E-state index contributed by atoms with van der Waals surface area (Å²) in [6.45, 7) is 0.636. The zero-order chi connectivity index (χ0) is 17.6. The average Bonchev–Trinajstić information content (AvgIpc) is 2.61. The van der Waals surface area contributed by atoms with Crippen LogP contribution in [0.3, 0.4) is 0 Å². The number of hydrogen-bond donors (Lipinski definition) is 2. The Morgan fingerprint density at radius 3 is 2.68 bits per heavy atom. The molecule has 1 aliphatic heterocycles. The molecule has 5 nitrogen and oxygen atoms in total. The highest BCUT2D eigenvalue weighted by atomic mass is 35.5. The Kier molecular flexibility index (Phi) is 5.56. The lowest BCUT2D eigenvalue weighted by atomic mass is 10.1. The minimum atomic E-state index is -0.162. The van der Waals surface area contributed by atoms with Gasteiger partial charge in [-0.3, -0.25) is 9.59 Å². The number of rotatable bonds is 6. The molecular formula is C19H19ClN2O3. The Morgan fingerprint density at radius 2 is 1.88 bits per heavy atom. The van der Waals surface area contributed by atoms with Crippen molar-refractivity contribution in [3.63, 3.8) is 0 Å². The van der Waals surface area contributed by atoms with Crippen LogP contribution < -0.4 is 15.4 Å². The molecule has 1 heterocycles. The van der Waals surface area contributed by atoms with E-state index in [1.807, 2.05) is 42.5 Å². The highest BCUT2D eigenvalue weighted by Gasteiger charge is 2.16. The molecule has 0 saturated heterocycles. The van der Waals surface area contributed by atoms with Crippen molar-refractivity contribution in [1.29, 1.82) is 0 Å². The molecule has 0 radical (unpaired) electrons. The van der Waals surface area contributed by atoms with Crippen molar-refractivity contribution in [2.45, 2.75) is 19.3 Å². The molecule has 0 aromatic heterocycles. The predicted molar refractivity (Wildman–Crippen MR) is 97.1 cm³/mol. The van der Waals surface area contributed by atoms with Crippen molar-refractivity contribution in [1.82, 2.24) is 5.32 Å². The quantitative estimate of drug-likeness (QED) is 0.834. The number of hydrogen-bond acceptors (Lipinski definition) is 3. The second-order valence-corrected chi connectivity index (χ2v) is 6.33. The van der Waals surface area contributed by atoms with E-state index in [0.717, 1.165) is 17.5 Å². The normalized spacial score (nSPS) is 12.8. The van der Waals surface area contributed by atoms with Gasteiger partial charge in [-0.15, -0.1) is 0 Å². The number of halogens is 1. The van der Waals surface area contributed by atoms with E-state index in [0.29, 0.717) is 35.8 Å². The van der Waals surface area contributed by atoms with Crippen molar-refractivity contribution >= 4 is 29.1 Å². The Labute approximate surface area is 151 Å². The van der Waals surface area contributed by atoms with Gasteiger partial charge in [-0.1, -0.05) is 29.8 Å². The lowest BCUT2D eigenvalue weighted by Crippen LogP contribution is -2.26. The summed E-state index contributed by atoms with van der Waals surface area (Å²) in [4.78, 5) is 23.3. The molecule has 6 heteroatoms. The number of aryl methyl sites for hydroxylation is 1. The largest absolute Gasteiger partial charge is 0.482 e. The number of nitrogens with one attached hydrogen (secondary N) is 2. The van der Waals surface area contributed by atoms with E-state index >= 15 is 0 Å². The molecule has 130 valence electrons. The lowest BCUT2D eigenvalue weighted by molar-refractivity contribution is -0.121. The zero-order valence-electron chi connectivity index (χ0n) is 13.7. The molecule has 0 spiro atoms. The van der Waals surface area contributed by atoms with Gasteiger partial charge in [0.1, 0.15) is 5.75 Å². The predicted octanol–water partition coefficient (Wildman–Crippen LogP) is 2.96. The minimum Gasteiger partial charge on any atom is -0.482 e. The van der Waals surface area contributed by atoms with Gasteiger partial charge in [0, 0.05) is 18.0 Å². The third kappa shape index (κ3) is 4.97. The summed E-state index contributed by atoms with van der Waals surface area (Å²) in [7, 11) is 0. The summed E-state index contributed by atoms with van der Waals surface area (Å²) in [6, 6.07) is 13.2. The average molecular weight is 359 g/mol. The summed E-state index contributed by atoms with van der Waals surface area (Å²) < 4.78 is 5.32. The first-order valence-corrected chi connectivity index (χ1v) is 8.55. The molecule has 2 aromatic rings. The topological polar surface area (TPSA) is 67.4 Å². The highest BCUT2D eigenvalue weighted by Crippen LogP contribution is 2.28. The van der Waals surface area contributed by atoms with Crippen LogP contribution in [0.25, 0.3) is 0 Å². The van der Waals surface area contributed by atoms with E-state index < -0.39 is 0 Å². The van der Waals surface area contributed by atoms with Crippen molar-refractivity contribution in [3.8, 4) is 5.75 Å². The highest BCUT2D eigenvalue weighted by molar-refractivity contribution is 6.30. The number of benzene rings is 2. The maximum atomic E-state index is 12.0. The molecular weight excluding hydrogens is 340 g/mol. The van der Waals surface area contributed by atoms with Crippen molar-refractivity contribution in [3.05, 3.63) is 58.6 Å². The molecule has 2 aromatic carbocycles. The zero-order valence-corrected chi connectivity index (χ0v) is 14.4. The second kappa shape index (κ2) is 8.03. The molecule has 0 aliphatic carbocycles. The van der Waals surface area contributed by atoms with E-state index in [4.69, 9.17) is 16.3 Å². The molecule has 2 amide bonds. The van der Waals surface area contributed by atoms with Crippen LogP contribution >= 0.6 is 11.6 Å². The number of amides is 2. The van der Waals surface area contributed by atoms with Crippen LogP contribution in [0.5, 0.6) is 5.75 Å². The van der Waals surface area contributed by atoms with E-state index in [-0.39, 0.29) is 18.4 Å². The van der Waals surface area contributed by atoms with E-state index in [2.05, 4.69) is 10.6 Å². The van der Waals surface area contributed by atoms with E-state index in [9.17, 15) is 9.59 Å². The molecule has 2 N–H and O–H groups in total. The standard InChI is InChI=1S/C19H19ClN2O3/c20-15-5-1-13(2-6-15)9-10-21-18(23)8-4-14-3-7-17-16(11-14)22-19(24)12-25-17/h1-3,5-7,11H,4,8-10,12H2,(H,21,23)(H,22,24). The molecule has 0 bridgehead atoms. The number of fused-ring (bicyclic) bond motifs is 1. The third-order valence-corrected chi connectivity index (χ3v) is 4.22. The van der Waals surface area contributed by atoms with E-state index in [1.165, 1.54) is 0 Å². The first-order chi connectivity index (χ1) is 12.1. The molecule has 1 aliphatic rings. The molecule has 0 atom stereocenters. The van der Waals surface area contributed by atoms with Gasteiger partial charge < -0.3 is 15.4 Å². The Morgan fingerprint density at radius 1 is 1.12 bits per heavy atom. The summed E-state index contributed by atoms with van der Waals surface area (Å²) in [5, 5.41) is 6.40. The summed E-state index contributed by atoms with van der Waals surface area (Å²) >= 11 is 5.85. The first kappa shape index (κ1) is 17.3. The molecule has 3 rings (SSSR count). The van der Waals surface area contributed by atoms with Crippen LogP contribution in [0.4, 0.5) is 5.69 Å². The maximum Gasteiger partial charge on any atom is 0.262 e. The van der Waals surface area contributed by atoms with Crippen molar-refractivity contribution < 1.29 is 14.3 Å². The maximum absolute atomic E-state index is 12.0. The van der Waals surface area contributed by atoms with Gasteiger partial charge in [-0.25, -0.2) is 0 Å². The van der Waals surface area contributed by atoms with Crippen molar-refractivity contribution in [2.75, 3.05) is 18.5 Å². The molecule has 0 fully saturated rings. The van der Waals surface area contributed by atoms with Crippen LogP contribution in [-0.2, 0) is 22.4 Å². The first-order valence-electron chi connectivity index (χ1n) is 8.17. The van der Waals surface area contributed by atoms with Gasteiger partial charge in [0.2, 0.25) is 5.91 Å². The monoisotopic (exact) mass is 358 g/mol. The number of carbonyl (C=O) groups excluding carboxylic acids is 2. The fraction of sp³-hybridized carbons (Fsp3) is 0.263. The van der Waals surface area contributed by atoms with Gasteiger partial charge in [-0.2, -0.15) is 0 Å². The third-order valence-electron chi connectivity index (χ3n) is 3.97. The summed E-state index contributed by atoms with van der Waals surface area (Å²) in [5.41, 5.74) is 2.78.